The number of hydrogen-bond donors (Lipinski definition) is 4. The lowest BCUT2D eigenvalue weighted by Gasteiger charge is -2.56. The summed E-state index contributed by atoms with van der Waals surface area (Å²) in [5, 5.41) is 25.9. The number of urea groups is 1. The summed E-state index contributed by atoms with van der Waals surface area (Å²) in [6, 6.07) is 31.3. The molecule has 5 fully saturated rings. The fourth-order valence-corrected chi connectivity index (χ4v) is 10.9. The lowest BCUT2D eigenvalue weighted by molar-refractivity contribution is -0.268. The molecule has 0 spiro atoms. The van der Waals surface area contributed by atoms with E-state index >= 15 is 0 Å². The van der Waals surface area contributed by atoms with E-state index in [9.17, 15) is 19.8 Å². The molecule has 9 heteroatoms. The molecule has 276 valence electrons. The Hall–Kier alpha value is -4.15. The van der Waals surface area contributed by atoms with Crippen molar-refractivity contribution in [1.29, 1.82) is 0 Å². The number of amides is 2. The van der Waals surface area contributed by atoms with Gasteiger partial charge in [0.1, 0.15) is 0 Å². The second-order valence-electron chi connectivity index (χ2n) is 15.8. The standard InChI is InChI=1S/C44H48N2O6S/c1-27-38(26-53-39-8-3-2-7-37(39)41(48)49)51-42(52-40(27)34-11-9-28(25-47)10-12-34)35-15-13-33(14-16-35)36-6-4-5-29(20-36)24-45-43(50)46-44-21-30-17-31(22-44)19-32(18-30)23-44/h2-16,20,27,30-32,38,40,42,47H,17-19,21-26H2,1H3,(H,48,49)(H2,45,46,50)/t27-,30?,31?,32?,38+,40+,42+,44?/m1/s1. The lowest BCUT2D eigenvalue weighted by atomic mass is 9.53. The third-order valence-corrected chi connectivity index (χ3v) is 13.1. The summed E-state index contributed by atoms with van der Waals surface area (Å²) in [5.41, 5.74) is 6.13. The molecule has 8 nitrogen and oxygen atoms in total. The third kappa shape index (κ3) is 7.90. The number of rotatable bonds is 11. The van der Waals surface area contributed by atoms with E-state index in [1.54, 1.807) is 12.1 Å². The van der Waals surface area contributed by atoms with Gasteiger partial charge in [0, 0.05) is 34.2 Å². The Kier molecular flexibility index (Phi) is 10.4. The van der Waals surface area contributed by atoms with Crippen LogP contribution in [0.25, 0.3) is 11.1 Å². The van der Waals surface area contributed by atoms with E-state index in [4.69, 9.17) is 9.47 Å². The number of benzene rings is 4. The molecule has 4 bridgehead atoms. The van der Waals surface area contributed by atoms with E-state index in [0.717, 1.165) is 70.4 Å². The number of ether oxygens (including phenoxy) is 2. The van der Waals surface area contributed by atoms with Gasteiger partial charge < -0.3 is 30.3 Å². The molecule has 4 N–H and O–H groups in total. The van der Waals surface area contributed by atoms with E-state index in [1.807, 2.05) is 60.7 Å². The maximum atomic E-state index is 13.1. The first-order valence-corrected chi connectivity index (χ1v) is 19.9. The molecule has 0 aromatic heterocycles. The number of thioether (sulfide) groups is 1. The molecule has 2 amide bonds. The maximum absolute atomic E-state index is 13.1. The quantitative estimate of drug-likeness (QED) is 0.114. The Labute approximate surface area is 315 Å². The van der Waals surface area contributed by atoms with Gasteiger partial charge in [-0.1, -0.05) is 85.8 Å². The topological polar surface area (TPSA) is 117 Å². The third-order valence-electron chi connectivity index (χ3n) is 12.0. The van der Waals surface area contributed by atoms with Gasteiger partial charge in [-0.25, -0.2) is 9.59 Å². The predicted octanol–water partition coefficient (Wildman–Crippen LogP) is 8.90. The zero-order chi connectivity index (χ0) is 36.5. The number of aliphatic hydroxyl groups is 1. The Morgan fingerprint density at radius 2 is 1.47 bits per heavy atom. The smallest absolute Gasteiger partial charge is 0.336 e. The molecular weight excluding hydrogens is 685 g/mol. The van der Waals surface area contributed by atoms with Crippen LogP contribution in [-0.2, 0) is 22.6 Å². The van der Waals surface area contributed by atoms with Gasteiger partial charge in [0.25, 0.3) is 0 Å². The molecule has 0 radical (unpaired) electrons. The number of carboxylic acids is 1. The molecule has 4 aliphatic carbocycles. The van der Waals surface area contributed by atoms with E-state index in [-0.39, 0.29) is 41.9 Å². The molecule has 1 heterocycles. The van der Waals surface area contributed by atoms with Gasteiger partial charge in [-0.05, 0) is 102 Å². The van der Waals surface area contributed by atoms with E-state index < -0.39 is 12.3 Å². The van der Waals surface area contributed by atoms with Gasteiger partial charge in [0.2, 0.25) is 0 Å². The lowest BCUT2D eigenvalue weighted by Crippen LogP contribution is -2.61. The fraction of sp³-hybridized carbons (Fsp3) is 0.409. The fourth-order valence-electron chi connectivity index (χ4n) is 9.68. The molecule has 4 atom stereocenters. The number of nitrogens with one attached hydrogen (secondary N) is 2. The number of aliphatic hydroxyl groups excluding tert-OH is 1. The van der Waals surface area contributed by atoms with Crippen LogP contribution in [0.3, 0.4) is 0 Å². The Bertz CT molecular complexity index is 1900. The summed E-state index contributed by atoms with van der Waals surface area (Å²) in [6.45, 7) is 2.54. The van der Waals surface area contributed by atoms with Gasteiger partial charge in [0.15, 0.2) is 6.29 Å². The minimum atomic E-state index is -0.950. The van der Waals surface area contributed by atoms with Crippen molar-refractivity contribution in [1.82, 2.24) is 10.6 Å². The molecule has 0 unspecified atom stereocenters. The SMILES string of the molecule is C[C@@H]1[C@H](CSc2ccccc2C(=O)O)O[C@H](c2ccc(-c3cccc(CNC(=O)NC45CC6CC(CC(C6)C4)C5)c3)cc2)O[C@@H]1c1ccc(CO)cc1. The number of carbonyl (C=O) groups is 2. The van der Waals surface area contributed by atoms with Crippen molar-refractivity contribution < 1.29 is 29.3 Å². The van der Waals surface area contributed by atoms with Crippen LogP contribution in [0.1, 0.15) is 90.5 Å². The monoisotopic (exact) mass is 732 g/mol. The van der Waals surface area contributed by atoms with E-state index in [1.165, 1.54) is 31.0 Å². The highest BCUT2D eigenvalue weighted by atomic mass is 32.2. The van der Waals surface area contributed by atoms with Crippen molar-refractivity contribution in [2.45, 2.75) is 87.5 Å². The van der Waals surface area contributed by atoms with Crippen molar-refractivity contribution in [3.63, 3.8) is 0 Å². The van der Waals surface area contributed by atoms with Gasteiger partial charge >= 0.3 is 12.0 Å². The zero-order valence-corrected chi connectivity index (χ0v) is 30.9. The Balaban J connectivity index is 0.947. The minimum Gasteiger partial charge on any atom is -0.478 e. The molecule has 4 saturated carbocycles. The van der Waals surface area contributed by atoms with E-state index in [0.29, 0.717) is 17.2 Å². The van der Waals surface area contributed by atoms with Crippen LogP contribution >= 0.6 is 11.8 Å². The first-order chi connectivity index (χ1) is 25.7. The minimum absolute atomic E-state index is 0.0125. The molecule has 53 heavy (non-hydrogen) atoms. The summed E-state index contributed by atoms with van der Waals surface area (Å²) in [7, 11) is 0. The summed E-state index contributed by atoms with van der Waals surface area (Å²) >= 11 is 1.48. The Morgan fingerprint density at radius 1 is 0.792 bits per heavy atom. The summed E-state index contributed by atoms with van der Waals surface area (Å²) < 4.78 is 13.3. The van der Waals surface area contributed by atoms with Gasteiger partial charge in [-0.3, -0.25) is 0 Å². The van der Waals surface area contributed by atoms with Gasteiger partial charge in [0.05, 0.1) is 24.4 Å². The van der Waals surface area contributed by atoms with Gasteiger partial charge in [-0.15, -0.1) is 11.8 Å². The summed E-state index contributed by atoms with van der Waals surface area (Å²) in [6.07, 6.45) is 6.31. The number of carbonyl (C=O) groups excluding carboxylic acids is 1. The second-order valence-corrected chi connectivity index (χ2v) is 16.8. The molecule has 1 saturated heterocycles. The average Bonchev–Trinajstić information content (AvgIpc) is 3.16. The first-order valence-electron chi connectivity index (χ1n) is 19.0. The normalized spacial score (nSPS) is 28.8. The van der Waals surface area contributed by atoms with Crippen molar-refractivity contribution in [2.75, 3.05) is 5.75 Å². The van der Waals surface area contributed by atoms with Crippen LogP contribution in [0, 0.1) is 23.7 Å². The van der Waals surface area contributed by atoms with Crippen molar-refractivity contribution in [3.05, 3.63) is 125 Å². The first kappa shape index (κ1) is 35.9. The molecular formula is C44H48N2O6S. The number of hydrogen-bond acceptors (Lipinski definition) is 6. The van der Waals surface area contributed by atoms with Crippen LogP contribution in [0.4, 0.5) is 4.79 Å². The van der Waals surface area contributed by atoms with Crippen LogP contribution in [0.5, 0.6) is 0 Å². The number of carboxylic acid groups (broad SMARTS) is 1. The highest BCUT2D eigenvalue weighted by Gasteiger charge is 2.51. The van der Waals surface area contributed by atoms with Crippen molar-refractivity contribution in [2.24, 2.45) is 23.7 Å². The number of aromatic carboxylic acids is 1. The summed E-state index contributed by atoms with van der Waals surface area (Å²) in [5.74, 6) is 1.92. The molecule has 9 rings (SSSR count). The van der Waals surface area contributed by atoms with Crippen molar-refractivity contribution >= 4 is 23.8 Å². The zero-order valence-electron chi connectivity index (χ0n) is 30.1. The summed E-state index contributed by atoms with van der Waals surface area (Å²) in [4.78, 5) is 25.7. The molecule has 4 aromatic rings. The largest absolute Gasteiger partial charge is 0.478 e. The van der Waals surface area contributed by atoms with E-state index in [2.05, 4.69) is 41.8 Å². The van der Waals surface area contributed by atoms with Crippen molar-refractivity contribution in [3.8, 4) is 11.1 Å². The predicted molar refractivity (Wildman–Crippen MR) is 205 cm³/mol. The highest BCUT2D eigenvalue weighted by Crippen LogP contribution is 2.55. The highest BCUT2D eigenvalue weighted by molar-refractivity contribution is 7.99. The average molecular weight is 733 g/mol. The van der Waals surface area contributed by atoms with Crippen LogP contribution in [-0.4, -0.2) is 39.6 Å². The van der Waals surface area contributed by atoms with Crippen LogP contribution in [0.2, 0.25) is 0 Å². The second kappa shape index (κ2) is 15.3. The maximum Gasteiger partial charge on any atom is 0.336 e. The van der Waals surface area contributed by atoms with Gasteiger partial charge in [-0.2, -0.15) is 0 Å². The molecule has 1 aliphatic heterocycles. The molecule has 5 aliphatic rings. The van der Waals surface area contributed by atoms with Crippen LogP contribution < -0.4 is 10.6 Å². The Morgan fingerprint density at radius 3 is 2.15 bits per heavy atom. The molecule has 4 aromatic carbocycles. The van der Waals surface area contributed by atoms with Crippen LogP contribution in [0.15, 0.2) is 102 Å².